The Morgan fingerprint density at radius 3 is 1.13 bits per heavy atom. The van der Waals surface area contributed by atoms with E-state index in [1.165, 1.54) is 44.9 Å². The van der Waals surface area contributed by atoms with Crippen LogP contribution >= 0.6 is 0 Å². The van der Waals surface area contributed by atoms with E-state index in [4.69, 9.17) is 14.2 Å². The monoisotopic (exact) mass is 827 g/mol. The number of hydrogen-bond acceptors (Lipinski definition) is 6. The van der Waals surface area contributed by atoms with E-state index < -0.39 is 6.10 Å². The van der Waals surface area contributed by atoms with Crippen LogP contribution in [0.25, 0.3) is 0 Å². The van der Waals surface area contributed by atoms with E-state index in [0.717, 1.165) is 70.6 Å². The number of carbonyl (C=O) groups excluding carboxylic acids is 3. The van der Waals surface area contributed by atoms with Gasteiger partial charge in [-0.2, -0.15) is 0 Å². The van der Waals surface area contributed by atoms with Crippen molar-refractivity contribution in [2.45, 2.75) is 175 Å². The predicted octanol–water partition coefficient (Wildman–Crippen LogP) is 15.1. The molecule has 1 atom stereocenters. The molecule has 0 saturated heterocycles. The van der Waals surface area contributed by atoms with Crippen molar-refractivity contribution in [2.75, 3.05) is 13.2 Å². The lowest BCUT2D eigenvalue weighted by Crippen LogP contribution is -2.30. The molecule has 0 amide bonds. The average Bonchev–Trinajstić information content (AvgIpc) is 3.24. The molecule has 0 N–H and O–H groups in total. The highest BCUT2D eigenvalue weighted by Gasteiger charge is 2.19. The maximum absolute atomic E-state index is 12.7. The maximum Gasteiger partial charge on any atom is 0.306 e. The van der Waals surface area contributed by atoms with E-state index in [9.17, 15) is 14.4 Å². The zero-order valence-corrected chi connectivity index (χ0v) is 37.9. The molecule has 334 valence electrons. The molecule has 0 aromatic heterocycles. The van der Waals surface area contributed by atoms with Gasteiger partial charge in [-0.1, -0.05) is 206 Å². The van der Waals surface area contributed by atoms with Gasteiger partial charge in [0.15, 0.2) is 6.10 Å². The number of hydrogen-bond donors (Lipinski definition) is 0. The fourth-order valence-electron chi connectivity index (χ4n) is 5.66. The molecule has 0 fully saturated rings. The normalized spacial score (nSPS) is 13.3. The van der Waals surface area contributed by atoms with Gasteiger partial charge in [0.25, 0.3) is 0 Å². The van der Waals surface area contributed by atoms with E-state index in [0.29, 0.717) is 12.8 Å². The molecule has 0 radical (unpaired) electrons. The molecular formula is C54H82O6. The molecule has 6 heteroatoms. The van der Waals surface area contributed by atoms with Crippen LogP contribution in [-0.4, -0.2) is 37.2 Å². The molecule has 0 aromatic carbocycles. The largest absolute Gasteiger partial charge is 0.462 e. The molecule has 1 unspecified atom stereocenters. The van der Waals surface area contributed by atoms with E-state index in [2.05, 4.69) is 51.2 Å². The highest BCUT2D eigenvalue weighted by molar-refractivity contribution is 5.71. The summed E-state index contributed by atoms with van der Waals surface area (Å²) in [6.45, 7) is 6.19. The molecule has 0 aliphatic rings. The van der Waals surface area contributed by atoms with Crippen molar-refractivity contribution in [3.63, 3.8) is 0 Å². The molecule has 0 spiro atoms. The molecule has 6 nitrogen and oxygen atoms in total. The van der Waals surface area contributed by atoms with Crippen LogP contribution in [0.5, 0.6) is 0 Å². The van der Waals surface area contributed by atoms with Crippen molar-refractivity contribution in [3.8, 4) is 0 Å². The summed E-state index contributed by atoms with van der Waals surface area (Å²) in [5.41, 5.74) is 0. The Morgan fingerprint density at radius 2 is 0.683 bits per heavy atom. The van der Waals surface area contributed by atoms with Gasteiger partial charge in [-0.25, -0.2) is 0 Å². The third-order valence-corrected chi connectivity index (χ3v) is 9.13. The quantitative estimate of drug-likeness (QED) is 0.0202. The third-order valence-electron chi connectivity index (χ3n) is 9.13. The SMILES string of the molecule is CC/C=C/C=C/C=C/C=C/C=C/CCCCCC(=O)OCC(COC(=O)CCC/C=C/C=C/C=C/C=C/C=C/CC)OC(=O)CCCCC/C=C/CCCCCCCCC. The van der Waals surface area contributed by atoms with Gasteiger partial charge in [-0.05, 0) is 77.0 Å². The first-order chi connectivity index (χ1) is 29.5. The molecule has 0 aliphatic heterocycles. The molecule has 0 aliphatic carbocycles. The van der Waals surface area contributed by atoms with Gasteiger partial charge in [0.05, 0.1) is 0 Å². The minimum atomic E-state index is -0.836. The third kappa shape index (κ3) is 44.6. The Morgan fingerprint density at radius 1 is 0.350 bits per heavy atom. The molecule has 0 heterocycles. The van der Waals surface area contributed by atoms with Crippen LogP contribution in [0, 0.1) is 0 Å². The highest BCUT2D eigenvalue weighted by atomic mass is 16.6. The summed E-state index contributed by atoms with van der Waals surface area (Å²) in [5.74, 6) is -1.08. The van der Waals surface area contributed by atoms with Crippen molar-refractivity contribution in [1.29, 1.82) is 0 Å². The fraction of sp³-hybridized carbons (Fsp3) is 0.537. The smallest absolute Gasteiger partial charge is 0.306 e. The second-order valence-corrected chi connectivity index (χ2v) is 14.8. The summed E-state index contributed by atoms with van der Waals surface area (Å²) in [6, 6.07) is 0. The lowest BCUT2D eigenvalue weighted by molar-refractivity contribution is -0.167. The minimum Gasteiger partial charge on any atom is -0.462 e. The van der Waals surface area contributed by atoms with Crippen molar-refractivity contribution in [3.05, 3.63) is 134 Å². The number of carbonyl (C=O) groups is 3. The van der Waals surface area contributed by atoms with Crippen molar-refractivity contribution in [2.24, 2.45) is 0 Å². The van der Waals surface area contributed by atoms with Crippen LogP contribution in [0.2, 0.25) is 0 Å². The van der Waals surface area contributed by atoms with Crippen molar-refractivity contribution in [1.82, 2.24) is 0 Å². The molecular weight excluding hydrogens is 745 g/mol. The summed E-state index contributed by atoms with van der Waals surface area (Å²) in [5, 5.41) is 0. The van der Waals surface area contributed by atoms with E-state index in [-0.39, 0.29) is 50.4 Å². The summed E-state index contributed by atoms with van der Waals surface area (Å²) >= 11 is 0. The van der Waals surface area contributed by atoms with Gasteiger partial charge in [-0.15, -0.1) is 0 Å². The van der Waals surface area contributed by atoms with Gasteiger partial charge in [-0.3, -0.25) is 14.4 Å². The van der Waals surface area contributed by atoms with E-state index in [1.807, 2.05) is 103 Å². The van der Waals surface area contributed by atoms with E-state index in [1.54, 1.807) is 0 Å². The zero-order valence-electron chi connectivity index (χ0n) is 37.9. The number of rotatable bonds is 39. The summed E-state index contributed by atoms with van der Waals surface area (Å²) in [7, 11) is 0. The number of allylic oxidation sites excluding steroid dienone is 22. The van der Waals surface area contributed by atoms with Gasteiger partial charge in [0, 0.05) is 19.3 Å². The van der Waals surface area contributed by atoms with Crippen LogP contribution in [0.15, 0.2) is 134 Å². The highest BCUT2D eigenvalue weighted by Crippen LogP contribution is 2.12. The Labute approximate surface area is 366 Å². The molecule has 0 aromatic rings. The van der Waals surface area contributed by atoms with Gasteiger partial charge in [0.1, 0.15) is 13.2 Å². The van der Waals surface area contributed by atoms with Crippen molar-refractivity contribution >= 4 is 17.9 Å². The predicted molar refractivity (Wildman–Crippen MR) is 256 cm³/mol. The molecule has 0 bridgehead atoms. The Balaban J connectivity index is 4.63. The Bertz CT molecular complexity index is 1370. The summed E-state index contributed by atoms with van der Waals surface area (Å²) in [6.07, 6.45) is 65.8. The minimum absolute atomic E-state index is 0.134. The van der Waals surface area contributed by atoms with Gasteiger partial charge < -0.3 is 14.2 Å². The molecule has 0 rings (SSSR count). The first-order valence-corrected chi connectivity index (χ1v) is 23.3. The topological polar surface area (TPSA) is 78.9 Å². The summed E-state index contributed by atoms with van der Waals surface area (Å²) in [4.78, 5) is 37.8. The van der Waals surface area contributed by atoms with Gasteiger partial charge in [0.2, 0.25) is 0 Å². The van der Waals surface area contributed by atoms with Crippen molar-refractivity contribution < 1.29 is 28.6 Å². The van der Waals surface area contributed by atoms with Crippen LogP contribution in [0.1, 0.15) is 168 Å². The first-order valence-electron chi connectivity index (χ1n) is 23.3. The second-order valence-electron chi connectivity index (χ2n) is 14.8. The Hall–Kier alpha value is -4.45. The number of ether oxygens (including phenoxy) is 3. The fourth-order valence-corrected chi connectivity index (χ4v) is 5.66. The average molecular weight is 827 g/mol. The first kappa shape index (κ1) is 55.6. The van der Waals surface area contributed by atoms with Crippen LogP contribution < -0.4 is 0 Å². The summed E-state index contributed by atoms with van der Waals surface area (Å²) < 4.78 is 16.6. The lowest BCUT2D eigenvalue weighted by atomic mass is 10.1. The van der Waals surface area contributed by atoms with Gasteiger partial charge >= 0.3 is 17.9 Å². The standard InChI is InChI=1S/C54H82O6/c1-4-7-10-13-16-19-22-25-27-30-32-35-38-41-44-47-53(56)59-50-51(49-58-52(55)46-43-40-37-34-31-28-24-21-18-15-12-9-6-3)60-54(57)48-45-42-39-36-33-29-26-23-20-17-14-11-8-5-2/h7,9-10,12-13,15-16,18-19,21-22,24-25,27-34,37,51H,4-6,8,11,14,17,20,23,26,35-36,38-50H2,1-3H3/b10-7+,12-9+,16-13+,18-15+,22-19+,24-21+,27-25+,31-28+,32-30+,33-29+,37-34+. The zero-order chi connectivity index (χ0) is 43.7. The number of esters is 3. The van der Waals surface area contributed by atoms with Crippen LogP contribution in [0.4, 0.5) is 0 Å². The maximum atomic E-state index is 12.7. The second kappa shape index (κ2) is 47.2. The number of unbranched alkanes of at least 4 members (excludes halogenated alkanes) is 14. The van der Waals surface area contributed by atoms with Crippen LogP contribution in [0.3, 0.4) is 0 Å². The lowest BCUT2D eigenvalue weighted by Gasteiger charge is -2.18. The Kier molecular flexibility index (Phi) is 43.7. The van der Waals surface area contributed by atoms with Crippen LogP contribution in [-0.2, 0) is 28.6 Å². The van der Waals surface area contributed by atoms with E-state index >= 15 is 0 Å². The molecule has 0 saturated carbocycles. The molecule has 60 heavy (non-hydrogen) atoms.